The lowest BCUT2D eigenvalue weighted by Gasteiger charge is -2.14. The summed E-state index contributed by atoms with van der Waals surface area (Å²) in [6.45, 7) is 6.47. The van der Waals surface area contributed by atoms with Crippen molar-refractivity contribution in [3.05, 3.63) is 58.7 Å². The van der Waals surface area contributed by atoms with Gasteiger partial charge in [-0.25, -0.2) is 5.43 Å². The van der Waals surface area contributed by atoms with E-state index in [0.29, 0.717) is 18.1 Å². The van der Waals surface area contributed by atoms with Crippen molar-refractivity contribution in [2.45, 2.75) is 26.8 Å². The van der Waals surface area contributed by atoms with Crippen molar-refractivity contribution in [2.24, 2.45) is 0 Å². The average Bonchev–Trinajstić information content (AvgIpc) is 3.08. The van der Waals surface area contributed by atoms with E-state index in [2.05, 4.69) is 16.9 Å². The van der Waals surface area contributed by atoms with Gasteiger partial charge in [0.1, 0.15) is 5.75 Å². The summed E-state index contributed by atoms with van der Waals surface area (Å²) in [6.07, 6.45) is 2.06. The highest BCUT2D eigenvalue weighted by Crippen LogP contribution is 2.35. The van der Waals surface area contributed by atoms with E-state index in [1.807, 2.05) is 51.1 Å². The Morgan fingerprint density at radius 1 is 1.12 bits per heavy atom. The van der Waals surface area contributed by atoms with Crippen LogP contribution in [-0.4, -0.2) is 18.8 Å². The van der Waals surface area contributed by atoms with Gasteiger partial charge in [-0.3, -0.25) is 0 Å². The maximum absolute atomic E-state index is 10.4. The molecule has 0 radical (unpaired) electrons. The molecule has 5 heteroatoms. The molecule has 2 aromatic rings. The van der Waals surface area contributed by atoms with E-state index >= 15 is 0 Å². The van der Waals surface area contributed by atoms with Crippen LogP contribution < -0.4 is 20.3 Å². The van der Waals surface area contributed by atoms with Crippen LogP contribution in [-0.2, 0) is 0 Å². The van der Waals surface area contributed by atoms with Gasteiger partial charge < -0.3 is 20.0 Å². The quantitative estimate of drug-likeness (QED) is 0.776. The molecule has 2 aromatic carbocycles. The van der Waals surface area contributed by atoms with Gasteiger partial charge in [-0.15, -0.1) is 0 Å². The van der Waals surface area contributed by atoms with Crippen molar-refractivity contribution < 1.29 is 14.6 Å². The van der Waals surface area contributed by atoms with Crippen molar-refractivity contribution in [2.75, 3.05) is 13.7 Å². The van der Waals surface area contributed by atoms with Crippen LogP contribution in [0, 0.1) is 13.8 Å². The smallest absolute Gasteiger partial charge is 0.161 e. The Morgan fingerprint density at radius 3 is 2.64 bits per heavy atom. The molecule has 1 aliphatic heterocycles. The fourth-order valence-corrected chi connectivity index (χ4v) is 3.06. The number of hydrazine groups is 1. The summed E-state index contributed by atoms with van der Waals surface area (Å²) < 4.78 is 11.0. The monoisotopic (exact) mass is 340 g/mol. The topological polar surface area (TPSA) is 62.8 Å². The molecule has 3 rings (SSSR count). The van der Waals surface area contributed by atoms with Crippen LogP contribution in [0.2, 0.25) is 0 Å². The predicted octanol–water partition coefficient (Wildman–Crippen LogP) is 3.61. The van der Waals surface area contributed by atoms with Gasteiger partial charge in [-0.2, -0.15) is 0 Å². The molecule has 25 heavy (non-hydrogen) atoms. The highest BCUT2D eigenvalue weighted by atomic mass is 16.5. The summed E-state index contributed by atoms with van der Waals surface area (Å²) in [5.74, 6) is 1.74. The van der Waals surface area contributed by atoms with Crippen molar-refractivity contribution >= 4 is 5.70 Å². The minimum absolute atomic E-state index is 0.0280. The number of rotatable bonds is 5. The Hall–Kier alpha value is -2.66. The summed E-state index contributed by atoms with van der Waals surface area (Å²) in [5.41, 5.74) is 11.1. The zero-order valence-electron chi connectivity index (χ0n) is 15.0. The summed E-state index contributed by atoms with van der Waals surface area (Å²) in [7, 11) is 1.64. The second-order valence-electron chi connectivity index (χ2n) is 6.15. The molecule has 0 amide bonds. The molecule has 1 unspecified atom stereocenters. The fraction of sp³-hybridized carbons (Fsp3) is 0.300. The first-order chi connectivity index (χ1) is 12.0. The minimum atomic E-state index is -0.0280. The molecule has 0 saturated carbocycles. The third kappa shape index (κ3) is 3.42. The van der Waals surface area contributed by atoms with Crippen molar-refractivity contribution in [3.8, 4) is 17.2 Å². The minimum Gasteiger partial charge on any atom is -0.507 e. The number of hydrogen-bond acceptors (Lipinski definition) is 5. The largest absolute Gasteiger partial charge is 0.507 e. The third-order valence-corrected chi connectivity index (χ3v) is 4.28. The summed E-state index contributed by atoms with van der Waals surface area (Å²) in [4.78, 5) is 0. The van der Waals surface area contributed by atoms with Crippen LogP contribution in [0.4, 0.5) is 0 Å². The summed E-state index contributed by atoms with van der Waals surface area (Å²) in [5, 5.41) is 10.4. The molecule has 1 aliphatic rings. The Balaban J connectivity index is 1.92. The van der Waals surface area contributed by atoms with Gasteiger partial charge in [-0.05, 0) is 61.7 Å². The number of ether oxygens (including phenoxy) is 2. The number of aromatic hydroxyl groups is 1. The van der Waals surface area contributed by atoms with Gasteiger partial charge >= 0.3 is 0 Å². The number of methoxy groups -OCH3 is 1. The average molecular weight is 340 g/mol. The molecule has 5 nitrogen and oxygen atoms in total. The number of aryl methyl sites for hydroxylation is 2. The van der Waals surface area contributed by atoms with E-state index in [0.717, 1.165) is 33.7 Å². The molecule has 0 aromatic heterocycles. The maximum Gasteiger partial charge on any atom is 0.161 e. The predicted molar refractivity (Wildman–Crippen MR) is 98.7 cm³/mol. The van der Waals surface area contributed by atoms with E-state index in [4.69, 9.17) is 9.47 Å². The van der Waals surface area contributed by atoms with Crippen LogP contribution in [0.1, 0.15) is 35.2 Å². The van der Waals surface area contributed by atoms with E-state index in [9.17, 15) is 5.11 Å². The maximum atomic E-state index is 10.4. The van der Waals surface area contributed by atoms with Crippen LogP contribution in [0.3, 0.4) is 0 Å². The Labute approximate surface area is 148 Å². The van der Waals surface area contributed by atoms with Crippen LogP contribution in [0.25, 0.3) is 5.70 Å². The molecule has 0 saturated heterocycles. The normalized spacial score (nSPS) is 16.3. The molecule has 0 aliphatic carbocycles. The van der Waals surface area contributed by atoms with Crippen molar-refractivity contribution in [3.63, 3.8) is 0 Å². The van der Waals surface area contributed by atoms with E-state index < -0.39 is 0 Å². The molecule has 1 atom stereocenters. The number of hydrogen-bond donors (Lipinski definition) is 3. The molecular formula is C20H24N2O3. The van der Waals surface area contributed by atoms with Crippen molar-refractivity contribution in [1.82, 2.24) is 10.9 Å². The van der Waals surface area contributed by atoms with Gasteiger partial charge in [-0.1, -0.05) is 12.1 Å². The van der Waals surface area contributed by atoms with Gasteiger partial charge in [0.2, 0.25) is 0 Å². The van der Waals surface area contributed by atoms with Crippen LogP contribution in [0.15, 0.2) is 36.4 Å². The SMILES string of the molecule is CCOc1ccc(C2C=C(c3cc(C)cc(C)c3O)NN2)cc1OC. The second kappa shape index (κ2) is 7.07. The van der Waals surface area contributed by atoms with E-state index in [-0.39, 0.29) is 6.04 Å². The first kappa shape index (κ1) is 17.2. The highest BCUT2D eigenvalue weighted by molar-refractivity contribution is 5.72. The highest BCUT2D eigenvalue weighted by Gasteiger charge is 2.21. The lowest BCUT2D eigenvalue weighted by atomic mass is 10.0. The van der Waals surface area contributed by atoms with Gasteiger partial charge in [0.05, 0.1) is 25.5 Å². The van der Waals surface area contributed by atoms with Crippen LogP contribution in [0.5, 0.6) is 17.2 Å². The Kier molecular flexibility index (Phi) is 4.86. The second-order valence-corrected chi connectivity index (χ2v) is 6.15. The van der Waals surface area contributed by atoms with E-state index in [1.165, 1.54) is 0 Å². The van der Waals surface area contributed by atoms with E-state index in [1.54, 1.807) is 7.11 Å². The fourth-order valence-electron chi connectivity index (χ4n) is 3.06. The Bertz CT molecular complexity index is 815. The molecule has 0 spiro atoms. The molecule has 0 bridgehead atoms. The number of benzene rings is 2. The zero-order valence-corrected chi connectivity index (χ0v) is 15.0. The first-order valence-corrected chi connectivity index (χ1v) is 8.38. The third-order valence-electron chi connectivity index (χ3n) is 4.28. The standard InChI is InChI=1S/C20H24N2O3/c1-5-25-18-7-6-14(10-19(18)24-4)16-11-17(22-21-16)15-9-12(2)8-13(3)20(15)23/h6-11,16,21-23H,5H2,1-4H3. The summed E-state index contributed by atoms with van der Waals surface area (Å²) >= 11 is 0. The number of phenols is 1. The zero-order chi connectivity index (χ0) is 18.0. The number of nitrogens with one attached hydrogen (secondary N) is 2. The van der Waals surface area contributed by atoms with Gasteiger partial charge in [0, 0.05) is 5.56 Å². The summed E-state index contributed by atoms with van der Waals surface area (Å²) in [6, 6.07) is 9.80. The lowest BCUT2D eigenvalue weighted by Crippen LogP contribution is -2.26. The first-order valence-electron chi connectivity index (χ1n) is 8.38. The lowest BCUT2D eigenvalue weighted by molar-refractivity contribution is 0.310. The number of phenolic OH excluding ortho intramolecular Hbond substituents is 1. The molecule has 132 valence electrons. The van der Waals surface area contributed by atoms with Crippen LogP contribution >= 0.6 is 0 Å². The molecule has 0 fully saturated rings. The van der Waals surface area contributed by atoms with Gasteiger partial charge in [0.25, 0.3) is 0 Å². The Morgan fingerprint density at radius 2 is 1.92 bits per heavy atom. The molecule has 1 heterocycles. The molecule has 3 N–H and O–H groups in total. The van der Waals surface area contributed by atoms with Gasteiger partial charge in [0.15, 0.2) is 11.5 Å². The molecular weight excluding hydrogens is 316 g/mol. The van der Waals surface area contributed by atoms with Crippen molar-refractivity contribution in [1.29, 1.82) is 0 Å².